The van der Waals surface area contributed by atoms with E-state index in [0.717, 1.165) is 5.69 Å². The molecule has 0 saturated carbocycles. The fourth-order valence-electron chi connectivity index (χ4n) is 1.63. The Labute approximate surface area is 91.5 Å². The van der Waals surface area contributed by atoms with E-state index in [4.69, 9.17) is 9.84 Å². The van der Waals surface area contributed by atoms with Crippen molar-refractivity contribution < 1.29 is 14.6 Å². The molecule has 0 aromatic carbocycles. The normalized spacial score (nSPS) is 10.7. The monoisotopic (exact) mass is 221 g/mol. The van der Waals surface area contributed by atoms with Gasteiger partial charge < -0.3 is 9.84 Å². The molecule has 0 spiro atoms. The molecule has 6 heteroatoms. The van der Waals surface area contributed by atoms with E-state index in [2.05, 4.69) is 9.97 Å². The zero-order chi connectivity index (χ0) is 11.9. The van der Waals surface area contributed by atoms with Crippen molar-refractivity contribution in [1.29, 1.82) is 0 Å². The maximum absolute atomic E-state index is 11.1. The van der Waals surface area contributed by atoms with Crippen LogP contribution in [0.25, 0.3) is 5.78 Å². The zero-order valence-electron chi connectivity index (χ0n) is 9.18. The lowest BCUT2D eigenvalue weighted by Gasteiger charge is -2.05. The van der Waals surface area contributed by atoms with Gasteiger partial charge in [0.2, 0.25) is 11.7 Å². The lowest BCUT2D eigenvalue weighted by Crippen LogP contribution is -2.07. The van der Waals surface area contributed by atoms with Gasteiger partial charge in [-0.1, -0.05) is 0 Å². The van der Waals surface area contributed by atoms with Crippen LogP contribution in [-0.2, 0) is 0 Å². The van der Waals surface area contributed by atoms with Crippen molar-refractivity contribution in [2.75, 3.05) is 7.11 Å². The second-order valence-corrected chi connectivity index (χ2v) is 3.43. The van der Waals surface area contributed by atoms with Gasteiger partial charge in [-0.3, -0.25) is 0 Å². The minimum atomic E-state index is -1.05. The highest BCUT2D eigenvalue weighted by molar-refractivity contribution is 5.88. The van der Waals surface area contributed by atoms with Crippen LogP contribution in [0.1, 0.15) is 21.9 Å². The standard InChI is InChI=1S/C10H11N3O3/c1-5-4-7(16-3)13-8(9(14)15)6(2)12-10(13)11-5/h4H,1-3H3,(H,14,15). The van der Waals surface area contributed by atoms with Crippen molar-refractivity contribution in [2.24, 2.45) is 0 Å². The summed E-state index contributed by atoms with van der Waals surface area (Å²) >= 11 is 0. The molecule has 0 saturated heterocycles. The van der Waals surface area contributed by atoms with Crippen LogP contribution in [0.3, 0.4) is 0 Å². The summed E-state index contributed by atoms with van der Waals surface area (Å²) in [6, 6.07) is 1.67. The molecule has 1 N–H and O–H groups in total. The summed E-state index contributed by atoms with van der Waals surface area (Å²) in [6.45, 7) is 3.43. The fraction of sp³-hybridized carbons (Fsp3) is 0.300. The second kappa shape index (κ2) is 3.48. The maximum atomic E-state index is 11.1. The number of hydrogen-bond donors (Lipinski definition) is 1. The molecule has 0 bridgehead atoms. The van der Waals surface area contributed by atoms with E-state index in [-0.39, 0.29) is 5.69 Å². The number of fused-ring (bicyclic) bond motifs is 1. The first kappa shape index (κ1) is 10.4. The number of aromatic nitrogens is 3. The molecule has 0 atom stereocenters. The smallest absolute Gasteiger partial charge is 0.354 e. The van der Waals surface area contributed by atoms with Crippen molar-refractivity contribution in [3.8, 4) is 5.88 Å². The number of methoxy groups -OCH3 is 1. The molecule has 0 fully saturated rings. The predicted molar refractivity (Wildman–Crippen MR) is 56.0 cm³/mol. The molecule has 16 heavy (non-hydrogen) atoms. The molecule has 2 heterocycles. The summed E-state index contributed by atoms with van der Waals surface area (Å²) in [5.74, 6) is -0.291. The van der Waals surface area contributed by atoms with E-state index in [1.54, 1.807) is 19.9 Å². The summed E-state index contributed by atoms with van der Waals surface area (Å²) in [4.78, 5) is 19.4. The quantitative estimate of drug-likeness (QED) is 0.820. The average molecular weight is 221 g/mol. The summed E-state index contributed by atoms with van der Waals surface area (Å²) in [5, 5.41) is 9.10. The lowest BCUT2D eigenvalue weighted by atomic mass is 10.3. The molecule has 0 aliphatic rings. The average Bonchev–Trinajstić information content (AvgIpc) is 2.52. The molecule has 0 radical (unpaired) electrons. The third kappa shape index (κ3) is 1.39. The number of aryl methyl sites for hydroxylation is 2. The SMILES string of the molecule is COc1cc(C)nc2nc(C)c(C(=O)O)n12. The highest BCUT2D eigenvalue weighted by Crippen LogP contribution is 2.19. The number of imidazole rings is 1. The molecule has 84 valence electrons. The Bertz CT molecular complexity index is 574. The van der Waals surface area contributed by atoms with Crippen molar-refractivity contribution >= 4 is 11.7 Å². The Balaban J connectivity index is 2.91. The Morgan fingerprint density at radius 3 is 2.69 bits per heavy atom. The molecule has 0 unspecified atom stereocenters. The number of aromatic carboxylic acids is 1. The van der Waals surface area contributed by atoms with Gasteiger partial charge in [-0.25, -0.2) is 19.2 Å². The molecule has 2 aromatic heterocycles. The minimum absolute atomic E-state index is 0.0827. The van der Waals surface area contributed by atoms with Crippen LogP contribution in [0.2, 0.25) is 0 Å². The lowest BCUT2D eigenvalue weighted by molar-refractivity contribution is 0.0687. The third-order valence-corrected chi connectivity index (χ3v) is 2.27. The van der Waals surface area contributed by atoms with Crippen molar-refractivity contribution in [1.82, 2.24) is 14.4 Å². The number of carboxylic acid groups (broad SMARTS) is 1. The highest BCUT2D eigenvalue weighted by Gasteiger charge is 2.19. The van der Waals surface area contributed by atoms with Gasteiger partial charge in [0.1, 0.15) is 0 Å². The van der Waals surface area contributed by atoms with Crippen LogP contribution in [0.15, 0.2) is 6.07 Å². The summed E-state index contributed by atoms with van der Waals surface area (Å²) in [7, 11) is 1.48. The predicted octanol–water partition coefficient (Wildman–Crippen LogP) is 1.05. The van der Waals surface area contributed by atoms with E-state index >= 15 is 0 Å². The fourth-order valence-corrected chi connectivity index (χ4v) is 1.63. The number of rotatable bonds is 2. The number of ether oxygens (including phenoxy) is 1. The molecule has 0 aliphatic carbocycles. The molecular weight excluding hydrogens is 210 g/mol. The van der Waals surface area contributed by atoms with Crippen LogP contribution in [0.5, 0.6) is 5.88 Å². The highest BCUT2D eigenvalue weighted by atomic mass is 16.5. The maximum Gasteiger partial charge on any atom is 0.354 e. The molecule has 0 aliphatic heterocycles. The van der Waals surface area contributed by atoms with Gasteiger partial charge in [0.05, 0.1) is 12.8 Å². The van der Waals surface area contributed by atoms with E-state index in [1.165, 1.54) is 11.5 Å². The Kier molecular flexibility index (Phi) is 2.26. The molecular formula is C10H11N3O3. The first-order valence-corrected chi connectivity index (χ1v) is 4.68. The van der Waals surface area contributed by atoms with Gasteiger partial charge in [0, 0.05) is 11.8 Å². The minimum Gasteiger partial charge on any atom is -0.482 e. The van der Waals surface area contributed by atoms with Gasteiger partial charge in [-0.15, -0.1) is 0 Å². The van der Waals surface area contributed by atoms with Crippen LogP contribution in [0, 0.1) is 13.8 Å². The van der Waals surface area contributed by atoms with Gasteiger partial charge in [-0.2, -0.15) is 0 Å². The van der Waals surface area contributed by atoms with Gasteiger partial charge in [0.25, 0.3) is 0 Å². The van der Waals surface area contributed by atoms with E-state index < -0.39 is 5.97 Å². The molecule has 0 amide bonds. The third-order valence-electron chi connectivity index (χ3n) is 2.27. The summed E-state index contributed by atoms with van der Waals surface area (Å²) in [6.07, 6.45) is 0. The van der Waals surface area contributed by atoms with Crippen molar-refractivity contribution in [3.63, 3.8) is 0 Å². The van der Waals surface area contributed by atoms with E-state index in [1.807, 2.05) is 0 Å². The summed E-state index contributed by atoms with van der Waals surface area (Å²) < 4.78 is 6.53. The molecule has 2 aromatic rings. The van der Waals surface area contributed by atoms with Crippen LogP contribution in [0.4, 0.5) is 0 Å². The van der Waals surface area contributed by atoms with Crippen LogP contribution >= 0.6 is 0 Å². The van der Waals surface area contributed by atoms with Crippen molar-refractivity contribution in [2.45, 2.75) is 13.8 Å². The topological polar surface area (TPSA) is 76.7 Å². The first-order valence-electron chi connectivity index (χ1n) is 4.68. The van der Waals surface area contributed by atoms with Crippen LogP contribution in [-0.4, -0.2) is 32.6 Å². The Hall–Kier alpha value is -2.11. The second-order valence-electron chi connectivity index (χ2n) is 3.43. The van der Waals surface area contributed by atoms with Gasteiger partial charge in [0.15, 0.2) is 5.69 Å². The number of carbonyl (C=O) groups is 1. The van der Waals surface area contributed by atoms with Crippen molar-refractivity contribution in [3.05, 3.63) is 23.1 Å². The first-order chi connectivity index (χ1) is 7.54. The molecule has 2 rings (SSSR count). The van der Waals surface area contributed by atoms with E-state index in [9.17, 15) is 4.79 Å². The van der Waals surface area contributed by atoms with E-state index in [0.29, 0.717) is 17.4 Å². The number of carboxylic acids is 1. The van der Waals surface area contributed by atoms with Gasteiger partial charge in [-0.05, 0) is 13.8 Å². The van der Waals surface area contributed by atoms with Crippen LogP contribution < -0.4 is 4.74 Å². The Morgan fingerprint density at radius 1 is 1.44 bits per heavy atom. The number of nitrogens with zero attached hydrogens (tertiary/aromatic N) is 3. The number of hydrogen-bond acceptors (Lipinski definition) is 4. The van der Waals surface area contributed by atoms with Gasteiger partial charge >= 0.3 is 5.97 Å². The molecule has 6 nitrogen and oxygen atoms in total. The summed E-state index contributed by atoms with van der Waals surface area (Å²) in [5.41, 5.74) is 1.23. The zero-order valence-corrected chi connectivity index (χ0v) is 9.18. The Morgan fingerprint density at radius 2 is 2.12 bits per heavy atom. The largest absolute Gasteiger partial charge is 0.482 e.